The van der Waals surface area contributed by atoms with Crippen molar-refractivity contribution in [3.05, 3.63) is 60.2 Å². The fourth-order valence-corrected chi connectivity index (χ4v) is 3.04. The quantitative estimate of drug-likeness (QED) is 0.896. The minimum Gasteiger partial charge on any atom is -0.382 e. The summed E-state index contributed by atoms with van der Waals surface area (Å²) >= 11 is 0. The summed E-state index contributed by atoms with van der Waals surface area (Å²) in [4.78, 5) is 2.49. The Bertz CT molecular complexity index is 557. The summed E-state index contributed by atoms with van der Waals surface area (Å²) in [6, 6.07) is 20.1. The summed E-state index contributed by atoms with van der Waals surface area (Å²) in [5.41, 5.74) is 4.03. The van der Waals surface area contributed by atoms with Crippen LogP contribution in [0.15, 0.2) is 54.6 Å². The number of para-hydroxylation sites is 1. The van der Waals surface area contributed by atoms with Gasteiger partial charge in [0.05, 0.1) is 0 Å². The Kier molecular flexibility index (Phi) is 4.44. The SMILES string of the molecule is CCc1cccc(NC2CCN(c3ccccc3)CC2)c1. The summed E-state index contributed by atoms with van der Waals surface area (Å²) in [5, 5.41) is 3.70. The van der Waals surface area contributed by atoms with E-state index in [1.54, 1.807) is 0 Å². The Labute approximate surface area is 127 Å². The number of rotatable bonds is 4. The fourth-order valence-electron chi connectivity index (χ4n) is 3.04. The fraction of sp³-hybridized carbons (Fsp3) is 0.368. The van der Waals surface area contributed by atoms with Crippen molar-refractivity contribution in [1.82, 2.24) is 0 Å². The molecule has 0 bridgehead atoms. The van der Waals surface area contributed by atoms with Crippen LogP contribution in [-0.4, -0.2) is 19.1 Å². The van der Waals surface area contributed by atoms with Crippen LogP contribution in [0.3, 0.4) is 0 Å². The van der Waals surface area contributed by atoms with Gasteiger partial charge in [0.15, 0.2) is 0 Å². The highest BCUT2D eigenvalue weighted by Crippen LogP contribution is 2.22. The second-order valence-electron chi connectivity index (χ2n) is 5.80. The van der Waals surface area contributed by atoms with Crippen molar-refractivity contribution in [1.29, 1.82) is 0 Å². The molecule has 0 aliphatic carbocycles. The molecule has 0 aromatic heterocycles. The van der Waals surface area contributed by atoms with E-state index in [0.29, 0.717) is 6.04 Å². The second-order valence-corrected chi connectivity index (χ2v) is 5.80. The summed E-state index contributed by atoms with van der Waals surface area (Å²) in [6.45, 7) is 4.47. The van der Waals surface area contributed by atoms with Crippen molar-refractivity contribution < 1.29 is 0 Å². The van der Waals surface area contributed by atoms with Gasteiger partial charge >= 0.3 is 0 Å². The average Bonchev–Trinajstić information content (AvgIpc) is 2.56. The van der Waals surface area contributed by atoms with Crippen LogP contribution in [0.1, 0.15) is 25.3 Å². The third-order valence-corrected chi connectivity index (χ3v) is 4.32. The van der Waals surface area contributed by atoms with Crippen molar-refractivity contribution in [3.63, 3.8) is 0 Å². The maximum atomic E-state index is 3.70. The molecule has 2 heteroatoms. The first-order valence-electron chi connectivity index (χ1n) is 8.00. The molecule has 1 N–H and O–H groups in total. The summed E-state index contributed by atoms with van der Waals surface area (Å²) in [6.07, 6.45) is 3.50. The van der Waals surface area contributed by atoms with Crippen LogP contribution < -0.4 is 10.2 Å². The molecule has 0 amide bonds. The lowest BCUT2D eigenvalue weighted by atomic mass is 10.0. The van der Waals surface area contributed by atoms with E-state index in [9.17, 15) is 0 Å². The van der Waals surface area contributed by atoms with Gasteiger partial charge in [0.2, 0.25) is 0 Å². The van der Waals surface area contributed by atoms with Crippen LogP contribution in [0.5, 0.6) is 0 Å². The van der Waals surface area contributed by atoms with Crippen LogP contribution >= 0.6 is 0 Å². The lowest BCUT2D eigenvalue weighted by Crippen LogP contribution is -2.39. The molecule has 0 spiro atoms. The summed E-state index contributed by atoms with van der Waals surface area (Å²) in [5.74, 6) is 0. The molecule has 110 valence electrons. The zero-order valence-corrected chi connectivity index (χ0v) is 12.8. The molecule has 2 aromatic carbocycles. The average molecular weight is 280 g/mol. The molecule has 3 rings (SSSR count). The second kappa shape index (κ2) is 6.66. The van der Waals surface area contributed by atoms with Gasteiger partial charge in [-0.05, 0) is 49.1 Å². The molecule has 2 nitrogen and oxygen atoms in total. The molecule has 2 aromatic rings. The Morgan fingerprint density at radius 1 is 1.00 bits per heavy atom. The number of nitrogens with zero attached hydrogens (tertiary/aromatic N) is 1. The van der Waals surface area contributed by atoms with Gasteiger partial charge < -0.3 is 10.2 Å². The Morgan fingerprint density at radius 2 is 1.76 bits per heavy atom. The maximum Gasteiger partial charge on any atom is 0.0366 e. The normalized spacial score (nSPS) is 16.0. The number of anilines is 2. The highest BCUT2D eigenvalue weighted by molar-refractivity contribution is 5.49. The number of piperidine rings is 1. The standard InChI is InChI=1S/C19H24N2/c1-2-16-7-6-8-18(15-16)20-17-11-13-21(14-12-17)19-9-4-3-5-10-19/h3-10,15,17,20H,2,11-14H2,1H3. The molecular formula is C19H24N2. The first-order valence-corrected chi connectivity index (χ1v) is 8.00. The van der Waals surface area contributed by atoms with Crippen LogP contribution in [0.25, 0.3) is 0 Å². The first kappa shape index (κ1) is 14.0. The first-order chi connectivity index (χ1) is 10.3. The Morgan fingerprint density at radius 3 is 2.48 bits per heavy atom. The zero-order valence-electron chi connectivity index (χ0n) is 12.8. The number of benzene rings is 2. The van der Waals surface area contributed by atoms with Crippen molar-refractivity contribution in [2.24, 2.45) is 0 Å². The van der Waals surface area contributed by atoms with Crippen LogP contribution in [0, 0.1) is 0 Å². The highest BCUT2D eigenvalue weighted by atomic mass is 15.1. The largest absolute Gasteiger partial charge is 0.382 e. The van der Waals surface area contributed by atoms with Crippen LogP contribution in [0.2, 0.25) is 0 Å². The van der Waals surface area contributed by atoms with Crippen molar-refractivity contribution >= 4 is 11.4 Å². The van der Waals surface area contributed by atoms with Gasteiger partial charge in [-0.1, -0.05) is 37.3 Å². The smallest absolute Gasteiger partial charge is 0.0366 e. The van der Waals surface area contributed by atoms with Gasteiger partial charge in [0.25, 0.3) is 0 Å². The van der Waals surface area contributed by atoms with Crippen LogP contribution in [-0.2, 0) is 6.42 Å². The zero-order chi connectivity index (χ0) is 14.5. The maximum absolute atomic E-state index is 3.70. The predicted molar refractivity (Wildman–Crippen MR) is 91.1 cm³/mol. The molecule has 0 unspecified atom stereocenters. The molecule has 1 aliphatic rings. The predicted octanol–water partition coefficient (Wildman–Crippen LogP) is 4.33. The molecule has 1 fully saturated rings. The van der Waals surface area contributed by atoms with Gasteiger partial charge in [0.1, 0.15) is 0 Å². The van der Waals surface area contributed by atoms with E-state index >= 15 is 0 Å². The third-order valence-electron chi connectivity index (χ3n) is 4.32. The van der Waals surface area contributed by atoms with Crippen molar-refractivity contribution in [2.45, 2.75) is 32.2 Å². The molecule has 0 saturated carbocycles. The van der Waals surface area contributed by atoms with Gasteiger partial charge in [-0.25, -0.2) is 0 Å². The van der Waals surface area contributed by atoms with E-state index in [-0.39, 0.29) is 0 Å². The lowest BCUT2D eigenvalue weighted by molar-refractivity contribution is 0.527. The minimum atomic E-state index is 0.595. The van der Waals surface area contributed by atoms with Crippen molar-refractivity contribution in [2.75, 3.05) is 23.3 Å². The highest BCUT2D eigenvalue weighted by Gasteiger charge is 2.19. The molecule has 0 atom stereocenters. The number of hydrogen-bond donors (Lipinski definition) is 1. The van der Waals surface area contributed by atoms with Gasteiger partial charge in [-0.15, -0.1) is 0 Å². The Hall–Kier alpha value is -1.96. The monoisotopic (exact) mass is 280 g/mol. The van der Waals surface area contributed by atoms with E-state index in [1.807, 2.05) is 0 Å². The van der Waals surface area contributed by atoms with E-state index in [4.69, 9.17) is 0 Å². The molecule has 0 radical (unpaired) electrons. The third kappa shape index (κ3) is 3.57. The number of hydrogen-bond acceptors (Lipinski definition) is 2. The minimum absolute atomic E-state index is 0.595. The van der Waals surface area contributed by atoms with Crippen LogP contribution in [0.4, 0.5) is 11.4 Å². The molecule has 1 heterocycles. The van der Waals surface area contributed by atoms with E-state index in [0.717, 1.165) is 19.5 Å². The summed E-state index contributed by atoms with van der Waals surface area (Å²) in [7, 11) is 0. The van der Waals surface area contributed by atoms with E-state index in [2.05, 4.69) is 71.7 Å². The van der Waals surface area contributed by atoms with Crippen molar-refractivity contribution in [3.8, 4) is 0 Å². The summed E-state index contributed by atoms with van der Waals surface area (Å²) < 4.78 is 0. The molecule has 1 saturated heterocycles. The van der Waals surface area contributed by atoms with Gasteiger partial charge in [0, 0.05) is 30.5 Å². The molecule has 21 heavy (non-hydrogen) atoms. The van der Waals surface area contributed by atoms with E-state index in [1.165, 1.54) is 29.8 Å². The molecule has 1 aliphatic heterocycles. The van der Waals surface area contributed by atoms with Gasteiger partial charge in [-0.2, -0.15) is 0 Å². The van der Waals surface area contributed by atoms with E-state index < -0.39 is 0 Å². The number of aryl methyl sites for hydroxylation is 1. The Balaban J connectivity index is 1.56. The number of nitrogens with one attached hydrogen (secondary N) is 1. The van der Waals surface area contributed by atoms with Gasteiger partial charge in [-0.3, -0.25) is 0 Å². The lowest BCUT2D eigenvalue weighted by Gasteiger charge is -2.34. The molecular weight excluding hydrogens is 256 g/mol. The topological polar surface area (TPSA) is 15.3 Å².